The number of benzene rings is 8. The zero-order valence-corrected chi connectivity index (χ0v) is 31.4. The molecule has 0 atom stereocenters. The van der Waals surface area contributed by atoms with Gasteiger partial charge >= 0.3 is 0 Å². The number of furan rings is 1. The monoisotopic (exact) mass is 754 g/mol. The number of nitriles is 1. The van der Waals surface area contributed by atoms with Crippen LogP contribution in [0.5, 0.6) is 0 Å². The topological polar surface area (TPSA) is 85.5 Å². The number of hydrogen-bond donors (Lipinski definition) is 0. The summed E-state index contributed by atoms with van der Waals surface area (Å²) in [6.45, 7) is 0. The van der Waals surface area contributed by atoms with E-state index in [0.29, 0.717) is 23.0 Å². The van der Waals surface area contributed by atoms with Crippen molar-refractivity contribution in [3.8, 4) is 51.6 Å². The third-order valence-electron chi connectivity index (χ3n) is 11.4. The molecule has 0 aliphatic rings. The van der Waals surface area contributed by atoms with Crippen LogP contribution < -0.4 is 0 Å². The quantitative estimate of drug-likeness (QED) is 0.175. The van der Waals surface area contributed by atoms with Gasteiger partial charge in [0.05, 0.1) is 33.3 Å². The second-order valence-electron chi connectivity index (χ2n) is 14.7. The fraction of sp³-hybridized carbons (Fsp3) is 0. The van der Waals surface area contributed by atoms with Crippen molar-refractivity contribution in [1.82, 2.24) is 24.1 Å². The lowest BCUT2D eigenvalue weighted by Gasteiger charge is -2.13. The maximum atomic E-state index is 11.0. The highest BCUT2D eigenvalue weighted by Gasteiger charge is 2.23. The fourth-order valence-corrected chi connectivity index (χ4v) is 8.79. The van der Waals surface area contributed by atoms with Crippen LogP contribution in [0.3, 0.4) is 0 Å². The molecule has 0 saturated carbocycles. The standard InChI is InChI=1S/C52H30N6O/c53-31-35-29-34(52-55-50(32-13-3-1-4-14-32)54-51(56-52)33-15-5-2-6-16-33)23-26-42(35)58-43-20-10-7-17-37(43)39-25-27-45-48(49(39)58)40-19-8-11-21-44(40)57(45)36-24-28-47-41(30-36)38-18-9-12-22-46(38)59-47/h1-30H. The summed E-state index contributed by atoms with van der Waals surface area (Å²) in [4.78, 5) is 14.8. The number of nitrogens with zero attached hydrogens (tertiary/aromatic N) is 6. The normalized spacial score (nSPS) is 11.7. The van der Waals surface area contributed by atoms with Gasteiger partial charge in [0.1, 0.15) is 17.2 Å². The van der Waals surface area contributed by atoms with Crippen molar-refractivity contribution in [2.75, 3.05) is 0 Å². The first-order valence-electron chi connectivity index (χ1n) is 19.5. The molecular formula is C52H30N6O. The highest BCUT2D eigenvalue weighted by Crippen LogP contribution is 2.43. The van der Waals surface area contributed by atoms with Gasteiger partial charge in [0.2, 0.25) is 0 Å². The highest BCUT2D eigenvalue weighted by atomic mass is 16.3. The molecule has 12 rings (SSSR count). The van der Waals surface area contributed by atoms with Crippen LogP contribution >= 0.6 is 0 Å². The molecule has 0 spiro atoms. The average Bonchev–Trinajstić information content (AvgIpc) is 3.96. The fourth-order valence-electron chi connectivity index (χ4n) is 8.79. The van der Waals surface area contributed by atoms with Gasteiger partial charge in [-0.2, -0.15) is 5.26 Å². The minimum absolute atomic E-state index is 0.496. The van der Waals surface area contributed by atoms with E-state index >= 15 is 0 Å². The van der Waals surface area contributed by atoms with Gasteiger partial charge in [-0.3, -0.25) is 0 Å². The second kappa shape index (κ2) is 12.8. The first kappa shape index (κ1) is 32.9. The molecule has 0 fully saturated rings. The minimum Gasteiger partial charge on any atom is -0.456 e. The van der Waals surface area contributed by atoms with E-state index in [1.54, 1.807) is 0 Å². The molecular weight excluding hydrogens is 725 g/mol. The van der Waals surface area contributed by atoms with Gasteiger partial charge in [0, 0.05) is 54.7 Å². The van der Waals surface area contributed by atoms with Crippen LogP contribution in [0.25, 0.3) is 111 Å². The van der Waals surface area contributed by atoms with Crippen LogP contribution in [-0.2, 0) is 0 Å². The summed E-state index contributed by atoms with van der Waals surface area (Å²) in [5, 5.41) is 17.6. The van der Waals surface area contributed by atoms with E-state index in [0.717, 1.165) is 93.6 Å². The van der Waals surface area contributed by atoms with E-state index in [1.165, 1.54) is 0 Å². The van der Waals surface area contributed by atoms with E-state index in [-0.39, 0.29) is 0 Å². The lowest BCUT2D eigenvalue weighted by atomic mass is 10.1. The summed E-state index contributed by atoms with van der Waals surface area (Å²) in [5.41, 5.74) is 10.8. The summed E-state index contributed by atoms with van der Waals surface area (Å²) in [5.74, 6) is 1.63. The summed E-state index contributed by atoms with van der Waals surface area (Å²) >= 11 is 0. The van der Waals surface area contributed by atoms with Crippen LogP contribution in [0.15, 0.2) is 186 Å². The summed E-state index contributed by atoms with van der Waals surface area (Å²) in [6, 6.07) is 64.4. The van der Waals surface area contributed by atoms with Crippen molar-refractivity contribution in [2.45, 2.75) is 0 Å². The van der Waals surface area contributed by atoms with Crippen molar-refractivity contribution in [1.29, 1.82) is 5.26 Å². The molecule has 12 aromatic rings. The van der Waals surface area contributed by atoms with Crippen molar-refractivity contribution in [3.63, 3.8) is 0 Å². The Bertz CT molecular complexity index is 3630. The molecule has 0 saturated heterocycles. The predicted molar refractivity (Wildman–Crippen MR) is 237 cm³/mol. The molecule has 8 aromatic carbocycles. The molecule has 0 bridgehead atoms. The van der Waals surface area contributed by atoms with E-state index < -0.39 is 0 Å². The Balaban J connectivity index is 1.10. The SMILES string of the molecule is N#Cc1cc(-c2nc(-c3ccccc3)nc(-c3ccccc3)n2)ccc1-n1c2ccccc2c2ccc3c(c4ccccc4n3-c3ccc4oc5ccccc5c4c3)c21. The number of para-hydroxylation sites is 3. The predicted octanol–water partition coefficient (Wildman–Crippen LogP) is 12.8. The van der Waals surface area contributed by atoms with Gasteiger partial charge < -0.3 is 13.6 Å². The Hall–Kier alpha value is -8.34. The maximum absolute atomic E-state index is 11.0. The van der Waals surface area contributed by atoms with E-state index in [4.69, 9.17) is 19.4 Å². The van der Waals surface area contributed by atoms with E-state index in [9.17, 15) is 5.26 Å². The van der Waals surface area contributed by atoms with Crippen molar-refractivity contribution >= 4 is 65.6 Å². The third-order valence-corrected chi connectivity index (χ3v) is 11.4. The van der Waals surface area contributed by atoms with E-state index in [2.05, 4.69) is 106 Å². The smallest absolute Gasteiger partial charge is 0.164 e. The molecule has 0 radical (unpaired) electrons. The Morgan fingerprint density at radius 3 is 1.73 bits per heavy atom. The Morgan fingerprint density at radius 2 is 1.02 bits per heavy atom. The number of hydrogen-bond acceptors (Lipinski definition) is 5. The third kappa shape index (κ3) is 5.04. The molecule has 0 aliphatic heterocycles. The lowest BCUT2D eigenvalue weighted by Crippen LogP contribution is -2.02. The molecule has 4 heterocycles. The van der Waals surface area contributed by atoms with Gasteiger partial charge in [0.25, 0.3) is 0 Å². The molecule has 274 valence electrons. The van der Waals surface area contributed by atoms with Gasteiger partial charge in [-0.1, -0.05) is 121 Å². The molecule has 0 N–H and O–H groups in total. The van der Waals surface area contributed by atoms with Gasteiger partial charge in [-0.25, -0.2) is 15.0 Å². The van der Waals surface area contributed by atoms with Crippen LogP contribution in [0.2, 0.25) is 0 Å². The Morgan fingerprint density at radius 1 is 0.424 bits per heavy atom. The molecule has 7 heteroatoms. The first-order valence-corrected chi connectivity index (χ1v) is 19.5. The summed E-state index contributed by atoms with van der Waals surface area (Å²) in [7, 11) is 0. The number of rotatable bonds is 5. The number of fused-ring (bicyclic) bond motifs is 10. The van der Waals surface area contributed by atoms with Gasteiger partial charge in [-0.05, 0) is 60.7 Å². The Kier molecular flexibility index (Phi) is 7.16. The maximum Gasteiger partial charge on any atom is 0.164 e. The van der Waals surface area contributed by atoms with Crippen molar-refractivity contribution < 1.29 is 4.42 Å². The summed E-state index contributed by atoms with van der Waals surface area (Å²) in [6.07, 6.45) is 0. The minimum atomic E-state index is 0.496. The van der Waals surface area contributed by atoms with Crippen molar-refractivity contribution in [3.05, 3.63) is 188 Å². The highest BCUT2D eigenvalue weighted by molar-refractivity contribution is 6.26. The first-order chi connectivity index (χ1) is 29.2. The van der Waals surface area contributed by atoms with Crippen LogP contribution in [0.4, 0.5) is 0 Å². The average molecular weight is 755 g/mol. The lowest BCUT2D eigenvalue weighted by molar-refractivity contribution is 0.669. The number of aromatic nitrogens is 5. The zero-order valence-electron chi connectivity index (χ0n) is 31.4. The largest absolute Gasteiger partial charge is 0.456 e. The molecule has 4 aromatic heterocycles. The molecule has 0 unspecified atom stereocenters. The van der Waals surface area contributed by atoms with Crippen LogP contribution in [0, 0.1) is 11.3 Å². The van der Waals surface area contributed by atoms with Gasteiger partial charge in [-0.15, -0.1) is 0 Å². The van der Waals surface area contributed by atoms with E-state index in [1.807, 2.05) is 91.0 Å². The van der Waals surface area contributed by atoms with Crippen molar-refractivity contribution in [2.24, 2.45) is 0 Å². The Labute approximate surface area is 337 Å². The molecule has 0 aliphatic carbocycles. The van der Waals surface area contributed by atoms with Crippen LogP contribution in [0.1, 0.15) is 5.56 Å². The second-order valence-corrected chi connectivity index (χ2v) is 14.7. The van der Waals surface area contributed by atoms with Gasteiger partial charge in [0.15, 0.2) is 17.5 Å². The molecule has 7 nitrogen and oxygen atoms in total. The molecule has 0 amide bonds. The molecule has 59 heavy (non-hydrogen) atoms. The zero-order chi connectivity index (χ0) is 39.0. The van der Waals surface area contributed by atoms with Crippen LogP contribution in [-0.4, -0.2) is 24.1 Å². The summed E-state index contributed by atoms with van der Waals surface area (Å²) < 4.78 is 10.8.